The minimum absolute atomic E-state index is 0. The minimum atomic E-state index is -1.07. The Morgan fingerprint density at radius 3 is 2.36 bits per heavy atom. The van der Waals surface area contributed by atoms with Crippen molar-refractivity contribution in [1.82, 2.24) is 0 Å². The molecule has 0 atom stereocenters. The summed E-state index contributed by atoms with van der Waals surface area (Å²) < 4.78 is 5.20. The van der Waals surface area contributed by atoms with Crippen molar-refractivity contribution in [1.29, 1.82) is 0 Å². The van der Waals surface area contributed by atoms with Gasteiger partial charge in [-0.2, -0.15) is 0 Å². The van der Waals surface area contributed by atoms with E-state index in [0.29, 0.717) is 6.61 Å². The van der Waals surface area contributed by atoms with Gasteiger partial charge in [0.25, 0.3) is 0 Å². The molecular formula is C10H11LiO3. The molecule has 0 fully saturated rings. The van der Waals surface area contributed by atoms with Crippen molar-refractivity contribution in [3.8, 4) is 5.75 Å². The number of carbonyl (C=O) groups is 1. The van der Waals surface area contributed by atoms with Crippen molar-refractivity contribution in [3.63, 3.8) is 0 Å². The summed E-state index contributed by atoms with van der Waals surface area (Å²) in [5.41, 5.74) is 0.725. The summed E-state index contributed by atoms with van der Waals surface area (Å²) >= 11 is 0. The van der Waals surface area contributed by atoms with Gasteiger partial charge in [0.2, 0.25) is 0 Å². The van der Waals surface area contributed by atoms with E-state index in [0.717, 1.165) is 11.3 Å². The summed E-state index contributed by atoms with van der Waals surface area (Å²) in [5, 5.41) is 10.2. The standard InChI is InChI=1S/C10H12O3.Li/c1-2-13-9-5-3-8(4-6-9)7-10(11)12;/h3-6H,2,7H2,1H3,(H,11,12);/q;+1/p-1. The number of carboxylic acid groups (broad SMARTS) is 1. The molecule has 0 saturated heterocycles. The Labute approximate surface area is 95.3 Å². The quantitative estimate of drug-likeness (QED) is 0.484. The number of rotatable bonds is 4. The van der Waals surface area contributed by atoms with Crippen LogP contribution in [0.4, 0.5) is 0 Å². The van der Waals surface area contributed by atoms with Gasteiger partial charge in [0.15, 0.2) is 0 Å². The van der Waals surface area contributed by atoms with Crippen molar-refractivity contribution in [2.24, 2.45) is 0 Å². The number of hydrogen-bond acceptors (Lipinski definition) is 3. The van der Waals surface area contributed by atoms with E-state index in [-0.39, 0.29) is 25.3 Å². The van der Waals surface area contributed by atoms with Gasteiger partial charge < -0.3 is 14.6 Å². The molecule has 0 heterocycles. The SMILES string of the molecule is CCOc1ccc(CC(=O)[O-])cc1.[Li+]. The molecule has 0 unspecified atom stereocenters. The average Bonchev–Trinajstić information content (AvgIpc) is 2.08. The second kappa shape index (κ2) is 6.53. The summed E-state index contributed by atoms with van der Waals surface area (Å²) in [6, 6.07) is 6.95. The second-order valence-corrected chi connectivity index (χ2v) is 2.63. The fourth-order valence-electron chi connectivity index (χ4n) is 1.04. The normalized spacial score (nSPS) is 8.93. The first kappa shape index (κ1) is 13.1. The Balaban J connectivity index is 0.00000169. The molecule has 0 saturated carbocycles. The summed E-state index contributed by atoms with van der Waals surface area (Å²) in [5.74, 6) is -0.311. The number of carboxylic acids is 1. The van der Waals surface area contributed by atoms with Crippen molar-refractivity contribution < 1.29 is 33.5 Å². The van der Waals surface area contributed by atoms with Crippen molar-refractivity contribution in [2.45, 2.75) is 13.3 Å². The second-order valence-electron chi connectivity index (χ2n) is 2.63. The predicted octanol–water partition coefficient (Wildman–Crippen LogP) is -2.62. The zero-order valence-electron chi connectivity index (χ0n) is 8.45. The molecule has 0 radical (unpaired) electrons. The van der Waals surface area contributed by atoms with E-state index >= 15 is 0 Å². The predicted molar refractivity (Wildman–Crippen MR) is 46.3 cm³/mol. The van der Waals surface area contributed by atoms with Crippen LogP contribution in [0, 0.1) is 0 Å². The summed E-state index contributed by atoms with van der Waals surface area (Å²) in [6.45, 7) is 2.51. The van der Waals surface area contributed by atoms with Crippen LogP contribution in [0.15, 0.2) is 24.3 Å². The molecule has 3 nitrogen and oxygen atoms in total. The minimum Gasteiger partial charge on any atom is -0.550 e. The Hall–Kier alpha value is -0.913. The van der Waals surface area contributed by atoms with Crippen LogP contribution in [0.25, 0.3) is 0 Å². The molecule has 1 aromatic rings. The molecular weight excluding hydrogens is 175 g/mol. The van der Waals surface area contributed by atoms with Gasteiger partial charge in [0.05, 0.1) is 6.61 Å². The number of carbonyl (C=O) groups excluding carboxylic acids is 1. The molecule has 0 N–H and O–H groups in total. The van der Waals surface area contributed by atoms with Gasteiger partial charge >= 0.3 is 18.9 Å². The van der Waals surface area contributed by atoms with E-state index in [1.165, 1.54) is 0 Å². The van der Waals surface area contributed by atoms with E-state index in [1.807, 2.05) is 6.92 Å². The molecule has 14 heavy (non-hydrogen) atoms. The third kappa shape index (κ3) is 4.36. The van der Waals surface area contributed by atoms with Gasteiger partial charge in [0.1, 0.15) is 5.75 Å². The van der Waals surface area contributed by atoms with E-state index < -0.39 is 5.97 Å². The van der Waals surface area contributed by atoms with E-state index in [9.17, 15) is 9.90 Å². The Bertz CT molecular complexity index is 282. The van der Waals surface area contributed by atoms with Gasteiger partial charge in [-0.25, -0.2) is 0 Å². The molecule has 0 bridgehead atoms. The van der Waals surface area contributed by atoms with Gasteiger partial charge in [-0.1, -0.05) is 12.1 Å². The first-order valence-electron chi connectivity index (χ1n) is 4.14. The van der Waals surface area contributed by atoms with E-state index in [1.54, 1.807) is 24.3 Å². The van der Waals surface area contributed by atoms with Crippen LogP contribution in [-0.4, -0.2) is 12.6 Å². The number of aliphatic carboxylic acids is 1. The fraction of sp³-hybridized carbons (Fsp3) is 0.300. The van der Waals surface area contributed by atoms with Gasteiger partial charge in [-0.3, -0.25) is 0 Å². The monoisotopic (exact) mass is 186 g/mol. The van der Waals surface area contributed by atoms with Crippen LogP contribution >= 0.6 is 0 Å². The van der Waals surface area contributed by atoms with Gasteiger partial charge in [-0.15, -0.1) is 0 Å². The third-order valence-corrected chi connectivity index (χ3v) is 1.58. The zero-order valence-corrected chi connectivity index (χ0v) is 8.45. The molecule has 0 aliphatic carbocycles. The smallest absolute Gasteiger partial charge is 0.550 e. The summed E-state index contributed by atoms with van der Waals surface area (Å²) in [6.07, 6.45) is -0.0492. The van der Waals surface area contributed by atoms with Crippen molar-refractivity contribution >= 4 is 5.97 Å². The van der Waals surface area contributed by atoms with Crippen molar-refractivity contribution in [2.75, 3.05) is 6.61 Å². The Morgan fingerprint density at radius 2 is 1.93 bits per heavy atom. The maximum Gasteiger partial charge on any atom is 1.00 e. The molecule has 70 valence electrons. The first-order chi connectivity index (χ1) is 6.22. The average molecular weight is 186 g/mol. The zero-order chi connectivity index (χ0) is 9.68. The van der Waals surface area contributed by atoms with Crippen LogP contribution in [-0.2, 0) is 11.2 Å². The maximum absolute atomic E-state index is 10.2. The van der Waals surface area contributed by atoms with Crippen LogP contribution in [0.1, 0.15) is 12.5 Å². The fourth-order valence-corrected chi connectivity index (χ4v) is 1.04. The molecule has 0 aliphatic heterocycles. The number of ether oxygens (including phenoxy) is 1. The van der Waals surface area contributed by atoms with Crippen LogP contribution in [0.2, 0.25) is 0 Å². The largest absolute Gasteiger partial charge is 1.00 e. The van der Waals surface area contributed by atoms with Gasteiger partial charge in [0, 0.05) is 12.4 Å². The van der Waals surface area contributed by atoms with Crippen molar-refractivity contribution in [3.05, 3.63) is 29.8 Å². The number of benzene rings is 1. The van der Waals surface area contributed by atoms with Crippen LogP contribution < -0.4 is 28.7 Å². The molecule has 0 aromatic heterocycles. The third-order valence-electron chi connectivity index (χ3n) is 1.58. The van der Waals surface area contributed by atoms with E-state index in [2.05, 4.69) is 0 Å². The molecule has 4 heteroatoms. The molecule has 0 aliphatic rings. The molecule has 0 amide bonds. The molecule has 1 aromatic carbocycles. The van der Waals surface area contributed by atoms with Crippen LogP contribution in [0.5, 0.6) is 5.75 Å². The first-order valence-corrected chi connectivity index (χ1v) is 4.14. The maximum atomic E-state index is 10.2. The Kier molecular flexibility index (Phi) is 6.10. The Morgan fingerprint density at radius 1 is 1.36 bits per heavy atom. The van der Waals surface area contributed by atoms with Crippen LogP contribution in [0.3, 0.4) is 0 Å². The summed E-state index contributed by atoms with van der Waals surface area (Å²) in [7, 11) is 0. The molecule has 1 rings (SSSR count). The molecule has 0 spiro atoms. The topological polar surface area (TPSA) is 49.4 Å². The number of hydrogen-bond donors (Lipinski definition) is 0. The van der Waals surface area contributed by atoms with Gasteiger partial charge in [-0.05, 0) is 24.6 Å². The summed E-state index contributed by atoms with van der Waals surface area (Å²) in [4.78, 5) is 10.2. The van der Waals surface area contributed by atoms with E-state index in [4.69, 9.17) is 4.74 Å².